The summed E-state index contributed by atoms with van der Waals surface area (Å²) in [7, 11) is 0. The fraction of sp³-hybridized carbons (Fsp3) is 0.909. The number of carbonyl (C=O) groups excluding carboxylic acids is 1. The van der Waals surface area contributed by atoms with Gasteiger partial charge in [0.2, 0.25) is 5.91 Å². The van der Waals surface area contributed by atoms with Crippen molar-refractivity contribution in [3.05, 3.63) is 0 Å². The molecule has 2 N–H and O–H groups in total. The SMILES string of the molecule is CC.NC(=O)COCCN1CCCCC1. The first-order chi connectivity index (χ1) is 7.29. The molecule has 1 fully saturated rings. The largest absolute Gasteiger partial charge is 0.370 e. The average Bonchev–Trinajstić information content (AvgIpc) is 2.28. The highest BCUT2D eigenvalue weighted by molar-refractivity contribution is 5.74. The van der Waals surface area contributed by atoms with Crippen molar-refractivity contribution in [2.75, 3.05) is 32.8 Å². The lowest BCUT2D eigenvalue weighted by Crippen LogP contribution is -2.33. The Bertz CT molecular complexity index is 157. The number of amides is 1. The highest BCUT2D eigenvalue weighted by Crippen LogP contribution is 2.07. The summed E-state index contributed by atoms with van der Waals surface area (Å²) in [6.07, 6.45) is 3.92. The van der Waals surface area contributed by atoms with Crippen molar-refractivity contribution >= 4 is 5.91 Å². The van der Waals surface area contributed by atoms with E-state index in [0.29, 0.717) is 6.61 Å². The number of rotatable bonds is 5. The minimum atomic E-state index is -0.390. The summed E-state index contributed by atoms with van der Waals surface area (Å²) >= 11 is 0. The highest BCUT2D eigenvalue weighted by Gasteiger charge is 2.08. The van der Waals surface area contributed by atoms with E-state index in [1.54, 1.807) is 0 Å². The third kappa shape index (κ3) is 8.39. The molecule has 0 atom stereocenters. The fourth-order valence-electron chi connectivity index (χ4n) is 1.55. The first-order valence-electron chi connectivity index (χ1n) is 5.87. The van der Waals surface area contributed by atoms with Crippen molar-refractivity contribution in [1.82, 2.24) is 4.90 Å². The number of likely N-dealkylation sites (tertiary alicyclic amines) is 1. The number of ether oxygens (including phenoxy) is 1. The molecule has 1 heterocycles. The summed E-state index contributed by atoms with van der Waals surface area (Å²) in [5.74, 6) is -0.390. The fourth-order valence-corrected chi connectivity index (χ4v) is 1.55. The highest BCUT2D eigenvalue weighted by atomic mass is 16.5. The summed E-state index contributed by atoms with van der Waals surface area (Å²) in [5, 5.41) is 0. The van der Waals surface area contributed by atoms with Crippen molar-refractivity contribution in [1.29, 1.82) is 0 Å². The van der Waals surface area contributed by atoms with Crippen LogP contribution in [-0.2, 0) is 9.53 Å². The Morgan fingerprint density at radius 1 is 1.27 bits per heavy atom. The second-order valence-corrected chi connectivity index (χ2v) is 3.42. The summed E-state index contributed by atoms with van der Waals surface area (Å²) in [6.45, 7) is 7.92. The molecule has 90 valence electrons. The standard InChI is InChI=1S/C9H18N2O2.C2H6/c10-9(12)8-13-7-6-11-4-2-1-3-5-11;1-2/h1-8H2,(H2,10,12);1-2H3. The van der Waals surface area contributed by atoms with E-state index in [-0.39, 0.29) is 6.61 Å². The van der Waals surface area contributed by atoms with Gasteiger partial charge in [-0.25, -0.2) is 0 Å². The molecule has 1 aliphatic rings. The van der Waals surface area contributed by atoms with E-state index in [1.165, 1.54) is 32.4 Å². The third-order valence-electron chi connectivity index (χ3n) is 2.24. The molecule has 1 rings (SSSR count). The van der Waals surface area contributed by atoms with Gasteiger partial charge in [-0.1, -0.05) is 20.3 Å². The number of hydrogen-bond acceptors (Lipinski definition) is 3. The van der Waals surface area contributed by atoms with Crippen LogP contribution in [0.4, 0.5) is 0 Å². The van der Waals surface area contributed by atoms with Crippen LogP contribution in [0.3, 0.4) is 0 Å². The predicted molar refractivity (Wildman–Crippen MR) is 61.7 cm³/mol. The van der Waals surface area contributed by atoms with Gasteiger partial charge in [-0.2, -0.15) is 0 Å². The van der Waals surface area contributed by atoms with Crippen LogP contribution in [0, 0.1) is 0 Å². The van der Waals surface area contributed by atoms with E-state index >= 15 is 0 Å². The molecule has 4 heteroatoms. The molecule has 1 amide bonds. The van der Waals surface area contributed by atoms with Crippen molar-refractivity contribution in [2.24, 2.45) is 5.73 Å². The molecule has 0 bridgehead atoms. The zero-order chi connectivity index (χ0) is 11.5. The van der Waals surface area contributed by atoms with Gasteiger partial charge in [-0.05, 0) is 25.9 Å². The molecular weight excluding hydrogens is 192 g/mol. The first kappa shape index (κ1) is 14.4. The Balaban J connectivity index is 0.000000921. The van der Waals surface area contributed by atoms with Gasteiger partial charge in [0.25, 0.3) is 0 Å². The molecule has 1 saturated heterocycles. The zero-order valence-electron chi connectivity index (χ0n) is 10.00. The molecule has 0 radical (unpaired) electrons. The van der Waals surface area contributed by atoms with Gasteiger partial charge < -0.3 is 15.4 Å². The van der Waals surface area contributed by atoms with E-state index in [0.717, 1.165) is 6.54 Å². The van der Waals surface area contributed by atoms with Crippen LogP contribution in [0.2, 0.25) is 0 Å². The van der Waals surface area contributed by atoms with Crippen LogP contribution in [0.5, 0.6) is 0 Å². The number of primary amides is 1. The Kier molecular flexibility index (Phi) is 9.52. The quantitative estimate of drug-likeness (QED) is 0.698. The van der Waals surface area contributed by atoms with Crippen LogP contribution in [0.1, 0.15) is 33.1 Å². The van der Waals surface area contributed by atoms with Crippen LogP contribution in [0.25, 0.3) is 0 Å². The third-order valence-corrected chi connectivity index (χ3v) is 2.24. The van der Waals surface area contributed by atoms with Gasteiger partial charge in [0.15, 0.2) is 0 Å². The molecule has 15 heavy (non-hydrogen) atoms. The molecule has 0 aromatic carbocycles. The molecule has 4 nitrogen and oxygen atoms in total. The molecule has 0 aliphatic carbocycles. The van der Waals surface area contributed by atoms with E-state index < -0.39 is 5.91 Å². The lowest BCUT2D eigenvalue weighted by atomic mass is 10.1. The van der Waals surface area contributed by atoms with Gasteiger partial charge in [0.1, 0.15) is 6.61 Å². The van der Waals surface area contributed by atoms with Crippen LogP contribution < -0.4 is 5.73 Å². The molecule has 0 saturated carbocycles. The summed E-state index contributed by atoms with van der Waals surface area (Å²) in [6, 6.07) is 0. The number of nitrogens with zero attached hydrogens (tertiary/aromatic N) is 1. The maximum absolute atomic E-state index is 10.3. The van der Waals surface area contributed by atoms with Crippen molar-refractivity contribution in [3.63, 3.8) is 0 Å². The second kappa shape index (κ2) is 9.93. The maximum Gasteiger partial charge on any atom is 0.243 e. The lowest BCUT2D eigenvalue weighted by molar-refractivity contribution is -0.122. The first-order valence-corrected chi connectivity index (χ1v) is 5.87. The number of piperidine rings is 1. The van der Waals surface area contributed by atoms with Crippen molar-refractivity contribution in [3.8, 4) is 0 Å². The van der Waals surface area contributed by atoms with E-state index in [2.05, 4.69) is 4.90 Å². The lowest BCUT2D eigenvalue weighted by Gasteiger charge is -2.25. The monoisotopic (exact) mass is 216 g/mol. The van der Waals surface area contributed by atoms with Crippen LogP contribution in [-0.4, -0.2) is 43.7 Å². The van der Waals surface area contributed by atoms with E-state index in [9.17, 15) is 4.79 Å². The van der Waals surface area contributed by atoms with Crippen LogP contribution in [0.15, 0.2) is 0 Å². The maximum atomic E-state index is 10.3. The van der Waals surface area contributed by atoms with E-state index in [1.807, 2.05) is 13.8 Å². The average molecular weight is 216 g/mol. The summed E-state index contributed by atoms with van der Waals surface area (Å²) in [4.78, 5) is 12.7. The molecule has 0 aromatic heterocycles. The Labute approximate surface area is 92.8 Å². The van der Waals surface area contributed by atoms with Gasteiger partial charge in [-0.15, -0.1) is 0 Å². The normalized spacial score (nSPS) is 16.7. The minimum absolute atomic E-state index is 0.0494. The molecule has 0 spiro atoms. The molecular formula is C11H24N2O2. The topological polar surface area (TPSA) is 55.6 Å². The van der Waals surface area contributed by atoms with Gasteiger partial charge in [0, 0.05) is 6.54 Å². The smallest absolute Gasteiger partial charge is 0.243 e. The summed E-state index contributed by atoms with van der Waals surface area (Å²) in [5.41, 5.74) is 4.93. The Morgan fingerprint density at radius 2 is 1.87 bits per heavy atom. The number of hydrogen-bond donors (Lipinski definition) is 1. The predicted octanol–water partition coefficient (Wildman–Crippen LogP) is 1.00. The Hall–Kier alpha value is -0.610. The minimum Gasteiger partial charge on any atom is -0.370 e. The number of carbonyl (C=O) groups is 1. The molecule has 1 aliphatic heterocycles. The van der Waals surface area contributed by atoms with Gasteiger partial charge in [0.05, 0.1) is 6.61 Å². The second-order valence-electron chi connectivity index (χ2n) is 3.42. The van der Waals surface area contributed by atoms with Gasteiger partial charge >= 0.3 is 0 Å². The van der Waals surface area contributed by atoms with Crippen LogP contribution >= 0.6 is 0 Å². The summed E-state index contributed by atoms with van der Waals surface area (Å²) < 4.78 is 5.08. The van der Waals surface area contributed by atoms with Gasteiger partial charge in [-0.3, -0.25) is 4.79 Å². The zero-order valence-corrected chi connectivity index (χ0v) is 10.00. The Morgan fingerprint density at radius 3 is 2.40 bits per heavy atom. The van der Waals surface area contributed by atoms with Crippen molar-refractivity contribution < 1.29 is 9.53 Å². The molecule has 0 unspecified atom stereocenters. The van der Waals surface area contributed by atoms with E-state index in [4.69, 9.17) is 10.5 Å². The van der Waals surface area contributed by atoms with Crippen molar-refractivity contribution in [2.45, 2.75) is 33.1 Å². The molecule has 0 aromatic rings. The number of nitrogens with two attached hydrogens (primary N) is 1.